The van der Waals surface area contributed by atoms with Gasteiger partial charge in [-0.15, -0.1) is 0 Å². The van der Waals surface area contributed by atoms with E-state index in [1.807, 2.05) is 0 Å². The molecule has 1 unspecified atom stereocenters. The summed E-state index contributed by atoms with van der Waals surface area (Å²) >= 11 is 0. The molecule has 1 N–H and O–H groups in total. The molecule has 0 aromatic carbocycles. The van der Waals surface area contributed by atoms with Crippen LogP contribution in [0.1, 0.15) is 51.4 Å². The highest BCUT2D eigenvalue weighted by Gasteiger charge is 2.27. The Hall–Kier alpha value is -0.620. The van der Waals surface area contributed by atoms with Gasteiger partial charge >= 0.3 is 5.97 Å². The maximum absolute atomic E-state index is 11.7. The van der Waals surface area contributed by atoms with Crippen LogP contribution in [0.15, 0.2) is 0 Å². The Morgan fingerprint density at radius 1 is 1.10 bits per heavy atom. The molecule has 0 aromatic heterocycles. The molecule has 1 saturated carbocycles. The van der Waals surface area contributed by atoms with Gasteiger partial charge in [0.2, 0.25) is 0 Å². The predicted molar refractivity (Wildman–Crippen MR) is 82.1 cm³/mol. The van der Waals surface area contributed by atoms with Crippen molar-refractivity contribution >= 4 is 15.8 Å². The number of carboxylic acid groups (broad SMARTS) is 1. The van der Waals surface area contributed by atoms with Crippen LogP contribution in [0.5, 0.6) is 0 Å². The van der Waals surface area contributed by atoms with E-state index >= 15 is 0 Å². The third-order valence-electron chi connectivity index (χ3n) is 4.91. The van der Waals surface area contributed by atoms with Crippen LogP contribution in [0.3, 0.4) is 0 Å². The summed E-state index contributed by atoms with van der Waals surface area (Å²) in [4.78, 5) is 12.8. The van der Waals surface area contributed by atoms with Gasteiger partial charge in [0.1, 0.15) is 5.75 Å². The lowest BCUT2D eigenvalue weighted by atomic mass is 9.97. The summed E-state index contributed by atoms with van der Waals surface area (Å²) in [5.41, 5.74) is 0. The first-order valence-corrected chi connectivity index (χ1v) is 9.95. The molecule has 2 aliphatic rings. The van der Waals surface area contributed by atoms with E-state index in [1.54, 1.807) is 0 Å². The molecule has 1 atom stereocenters. The highest BCUT2D eigenvalue weighted by Crippen LogP contribution is 2.31. The molecule has 2 rings (SSSR count). The second-order valence-electron chi connectivity index (χ2n) is 6.55. The number of hydrogen-bond acceptors (Lipinski definition) is 4. The Kier molecular flexibility index (Phi) is 6.05. The van der Waals surface area contributed by atoms with Gasteiger partial charge in [-0.1, -0.05) is 25.7 Å². The van der Waals surface area contributed by atoms with E-state index in [1.165, 1.54) is 38.5 Å². The molecule has 0 spiro atoms. The third-order valence-corrected chi connectivity index (χ3v) is 6.41. The van der Waals surface area contributed by atoms with E-state index < -0.39 is 21.6 Å². The third kappa shape index (κ3) is 5.58. The minimum atomic E-state index is -3.46. The molecule has 0 amide bonds. The van der Waals surface area contributed by atoms with Gasteiger partial charge in [0.15, 0.2) is 9.84 Å². The van der Waals surface area contributed by atoms with Crippen molar-refractivity contribution in [2.75, 3.05) is 24.6 Å². The molecule has 1 heterocycles. The van der Waals surface area contributed by atoms with Crippen LogP contribution in [0.25, 0.3) is 0 Å². The Labute approximate surface area is 127 Å². The Morgan fingerprint density at radius 2 is 1.81 bits per heavy atom. The number of sulfone groups is 1. The van der Waals surface area contributed by atoms with Gasteiger partial charge in [-0.25, -0.2) is 8.42 Å². The number of carboxylic acids is 1. The van der Waals surface area contributed by atoms with E-state index in [2.05, 4.69) is 4.90 Å². The number of carbonyl (C=O) groups is 1. The zero-order chi connectivity index (χ0) is 15.3. The number of aliphatic carboxylic acids is 1. The summed E-state index contributed by atoms with van der Waals surface area (Å²) in [5, 5.41) is 8.61. The van der Waals surface area contributed by atoms with E-state index in [0.29, 0.717) is 12.6 Å². The molecule has 1 saturated heterocycles. The molecule has 0 bridgehead atoms. The Balaban J connectivity index is 1.74. The average Bonchev–Trinajstić information content (AvgIpc) is 3.04. The zero-order valence-corrected chi connectivity index (χ0v) is 13.5. The smallest absolute Gasteiger partial charge is 0.318 e. The van der Waals surface area contributed by atoms with Crippen LogP contribution in [0.2, 0.25) is 0 Å². The first kappa shape index (κ1) is 16.7. The van der Waals surface area contributed by atoms with Crippen LogP contribution in [-0.4, -0.2) is 55.0 Å². The molecule has 1 aliphatic heterocycles. The van der Waals surface area contributed by atoms with Crippen molar-refractivity contribution in [2.24, 2.45) is 5.92 Å². The normalized spacial score (nSPS) is 24.7. The van der Waals surface area contributed by atoms with E-state index in [9.17, 15) is 13.2 Å². The van der Waals surface area contributed by atoms with Gasteiger partial charge in [-0.05, 0) is 38.1 Å². The monoisotopic (exact) mass is 317 g/mol. The van der Waals surface area contributed by atoms with Gasteiger partial charge in [0, 0.05) is 12.6 Å². The van der Waals surface area contributed by atoms with Crippen LogP contribution in [0, 0.1) is 5.92 Å². The summed E-state index contributed by atoms with van der Waals surface area (Å²) in [6.45, 7) is 1.45. The first-order valence-electron chi connectivity index (χ1n) is 8.12. The van der Waals surface area contributed by atoms with E-state index in [0.717, 1.165) is 25.3 Å². The Morgan fingerprint density at radius 3 is 2.48 bits per heavy atom. The number of nitrogens with zero attached hydrogens (tertiary/aromatic N) is 1. The molecule has 2 fully saturated rings. The highest BCUT2D eigenvalue weighted by molar-refractivity contribution is 7.92. The van der Waals surface area contributed by atoms with Crippen molar-refractivity contribution in [3.05, 3.63) is 0 Å². The van der Waals surface area contributed by atoms with Crippen molar-refractivity contribution in [3.63, 3.8) is 0 Å². The largest absolute Gasteiger partial charge is 0.480 e. The Bertz CT molecular complexity index is 443. The van der Waals surface area contributed by atoms with Gasteiger partial charge in [0.25, 0.3) is 0 Å². The molecule has 1 aliphatic carbocycles. The van der Waals surface area contributed by atoms with Gasteiger partial charge in [0.05, 0.1) is 5.75 Å². The summed E-state index contributed by atoms with van der Waals surface area (Å²) in [7, 11) is -3.46. The second kappa shape index (κ2) is 7.58. The molecular formula is C15H27NO4S. The highest BCUT2D eigenvalue weighted by atomic mass is 32.2. The minimum absolute atomic E-state index is 0.0285. The number of hydrogen-bond donors (Lipinski definition) is 1. The summed E-state index contributed by atoms with van der Waals surface area (Å²) in [6.07, 6.45) is 10.2. The van der Waals surface area contributed by atoms with Gasteiger partial charge in [-0.2, -0.15) is 0 Å². The molecule has 0 radical (unpaired) electrons. The van der Waals surface area contributed by atoms with Crippen molar-refractivity contribution < 1.29 is 18.3 Å². The lowest BCUT2D eigenvalue weighted by Gasteiger charge is -2.25. The van der Waals surface area contributed by atoms with Gasteiger partial charge < -0.3 is 5.11 Å². The van der Waals surface area contributed by atoms with Crippen LogP contribution < -0.4 is 0 Å². The predicted octanol–water partition coefficient (Wildman–Crippen LogP) is 1.92. The molecular weight excluding hydrogens is 290 g/mol. The zero-order valence-electron chi connectivity index (χ0n) is 12.7. The fourth-order valence-electron chi connectivity index (χ4n) is 3.76. The lowest BCUT2D eigenvalue weighted by molar-refractivity contribution is -0.134. The van der Waals surface area contributed by atoms with Crippen molar-refractivity contribution in [3.8, 4) is 0 Å². The maximum Gasteiger partial charge on any atom is 0.318 e. The number of rotatable bonds is 8. The van der Waals surface area contributed by atoms with E-state index in [4.69, 9.17) is 5.11 Å². The second-order valence-corrected chi connectivity index (χ2v) is 8.73. The quantitative estimate of drug-likeness (QED) is 0.740. The summed E-state index contributed by atoms with van der Waals surface area (Å²) in [5.74, 6) is -1.15. The average molecular weight is 317 g/mol. The van der Waals surface area contributed by atoms with E-state index in [-0.39, 0.29) is 5.75 Å². The van der Waals surface area contributed by atoms with Crippen molar-refractivity contribution in [1.82, 2.24) is 4.90 Å². The van der Waals surface area contributed by atoms with Crippen molar-refractivity contribution in [2.45, 2.75) is 57.4 Å². The van der Waals surface area contributed by atoms with Crippen LogP contribution in [0.4, 0.5) is 0 Å². The fraction of sp³-hybridized carbons (Fsp3) is 0.933. The number of likely N-dealkylation sites (tertiary alicyclic amines) is 1. The topological polar surface area (TPSA) is 74.7 Å². The molecule has 6 heteroatoms. The minimum Gasteiger partial charge on any atom is -0.480 e. The van der Waals surface area contributed by atoms with Crippen molar-refractivity contribution in [1.29, 1.82) is 0 Å². The summed E-state index contributed by atoms with van der Waals surface area (Å²) < 4.78 is 23.3. The van der Waals surface area contributed by atoms with Crippen LogP contribution in [-0.2, 0) is 14.6 Å². The molecule has 5 nitrogen and oxygen atoms in total. The maximum atomic E-state index is 11.7. The first-order chi connectivity index (χ1) is 9.96. The summed E-state index contributed by atoms with van der Waals surface area (Å²) in [6, 6.07) is 0.505. The molecule has 0 aromatic rings. The SMILES string of the molecule is O=C(O)CS(=O)(=O)CCN1CCCC1CCC1CCCC1. The van der Waals surface area contributed by atoms with Crippen LogP contribution >= 0.6 is 0 Å². The molecule has 122 valence electrons. The lowest BCUT2D eigenvalue weighted by Crippen LogP contribution is -2.35. The fourth-order valence-corrected chi connectivity index (χ4v) is 4.79. The molecule has 21 heavy (non-hydrogen) atoms. The van der Waals surface area contributed by atoms with Gasteiger partial charge in [-0.3, -0.25) is 9.69 Å². The standard InChI is InChI=1S/C15H27NO4S/c17-15(18)12-21(19,20)11-10-16-9-3-6-14(16)8-7-13-4-1-2-5-13/h13-14H,1-12H2,(H,17,18).